The van der Waals surface area contributed by atoms with Crippen molar-refractivity contribution in [2.24, 2.45) is 22.9 Å². The molecule has 0 aromatic heterocycles. The van der Waals surface area contributed by atoms with Crippen LogP contribution in [0.5, 0.6) is 11.5 Å². The monoisotopic (exact) mass is 852 g/mol. The number of fused-ring (bicyclic) bond motifs is 2. The summed E-state index contributed by atoms with van der Waals surface area (Å²) in [5, 5.41) is 27.3. The summed E-state index contributed by atoms with van der Waals surface area (Å²) >= 11 is 0. The average molecular weight is 852 g/mol. The Bertz CT molecular complexity index is 1570. The van der Waals surface area contributed by atoms with E-state index in [0.29, 0.717) is 56.0 Å². The van der Waals surface area contributed by atoms with Crippen molar-refractivity contribution in [3.8, 4) is 11.5 Å². The minimum absolute atomic E-state index is 0.0375. The van der Waals surface area contributed by atoms with Crippen molar-refractivity contribution in [2.75, 3.05) is 46.6 Å². The first-order chi connectivity index (χ1) is 29.8. The van der Waals surface area contributed by atoms with Crippen LogP contribution in [0.1, 0.15) is 147 Å². The van der Waals surface area contributed by atoms with Crippen molar-refractivity contribution in [3.63, 3.8) is 0 Å². The summed E-state index contributed by atoms with van der Waals surface area (Å²) < 4.78 is 26.0. The molecule has 0 spiro atoms. The van der Waals surface area contributed by atoms with Gasteiger partial charge in [-0.05, 0) is 80.6 Å². The second kappa shape index (κ2) is 27.2. The molecule has 2 amide bonds. The van der Waals surface area contributed by atoms with Gasteiger partial charge in [0.1, 0.15) is 24.7 Å². The number of carbonyl (C=O) groups excluding carboxylic acids is 2. The molecule has 3 N–H and O–H groups in total. The minimum Gasteiger partial charge on any atom is -0.459 e. The third-order valence-corrected chi connectivity index (χ3v) is 12.5. The summed E-state index contributed by atoms with van der Waals surface area (Å²) in [6.07, 6.45) is 22.9. The Balaban J connectivity index is 1.73. The van der Waals surface area contributed by atoms with Crippen LogP contribution in [0.4, 0.5) is 9.59 Å². The summed E-state index contributed by atoms with van der Waals surface area (Å²) in [6, 6.07) is 4.85. The van der Waals surface area contributed by atoms with Crippen LogP contribution in [-0.4, -0.2) is 91.5 Å². The number of benzene rings is 1. The number of carbonyl (C=O) groups is 2. The van der Waals surface area contributed by atoms with Crippen LogP contribution in [-0.2, 0) is 14.3 Å². The minimum atomic E-state index is -1.39. The molecule has 61 heavy (non-hydrogen) atoms. The molecule has 3 aliphatic rings. The lowest BCUT2D eigenvalue weighted by Crippen LogP contribution is -2.70. The Morgan fingerprint density at radius 2 is 1.64 bits per heavy atom. The molecule has 1 aliphatic heterocycles. The van der Waals surface area contributed by atoms with Gasteiger partial charge in [-0.2, -0.15) is 0 Å². The summed E-state index contributed by atoms with van der Waals surface area (Å²) in [6.45, 7) is 13.5. The first-order valence-electron chi connectivity index (χ1n) is 23.4. The van der Waals surface area contributed by atoms with Crippen molar-refractivity contribution < 1.29 is 43.6 Å². The number of ether oxygens (including phenoxy) is 4. The number of aliphatic hydroxyl groups excluding tert-OH is 2. The highest BCUT2D eigenvalue weighted by Gasteiger charge is 2.65. The van der Waals surface area contributed by atoms with Crippen LogP contribution in [0.25, 0.3) is 0 Å². The fourth-order valence-electron chi connectivity index (χ4n) is 9.70. The Morgan fingerprint density at radius 3 is 2.30 bits per heavy atom. The molecule has 12 nitrogen and oxygen atoms in total. The molecule has 2 aliphatic carbocycles. The zero-order valence-corrected chi connectivity index (χ0v) is 37.6. The van der Waals surface area contributed by atoms with Gasteiger partial charge < -0.3 is 39.3 Å². The van der Waals surface area contributed by atoms with Crippen LogP contribution in [0.15, 0.2) is 60.3 Å². The number of hydrogen-bond acceptors (Lipinski definition) is 10. The van der Waals surface area contributed by atoms with Crippen LogP contribution in [0.2, 0.25) is 0 Å². The fraction of sp³-hybridized carbons (Fsp3) is 0.694. The molecule has 0 bridgehead atoms. The first-order valence-corrected chi connectivity index (χ1v) is 23.4. The molecule has 6 unspecified atom stereocenters. The van der Waals surface area contributed by atoms with Gasteiger partial charge in [0, 0.05) is 44.2 Å². The van der Waals surface area contributed by atoms with Crippen molar-refractivity contribution in [1.29, 1.82) is 0 Å². The maximum absolute atomic E-state index is 14.1. The van der Waals surface area contributed by atoms with E-state index in [1.807, 2.05) is 19.1 Å². The van der Waals surface area contributed by atoms with Gasteiger partial charge in [-0.15, -0.1) is 13.2 Å². The van der Waals surface area contributed by atoms with Crippen molar-refractivity contribution in [3.05, 3.63) is 60.7 Å². The molecule has 1 aromatic carbocycles. The van der Waals surface area contributed by atoms with Crippen LogP contribution in [0, 0.1) is 17.8 Å². The Labute approximate surface area is 366 Å². The van der Waals surface area contributed by atoms with Gasteiger partial charge in [0.2, 0.25) is 5.79 Å². The van der Waals surface area contributed by atoms with Gasteiger partial charge in [0.15, 0.2) is 0 Å². The number of hydrogen-bond donors (Lipinski definition) is 3. The lowest BCUT2D eigenvalue weighted by Gasteiger charge is -2.59. The maximum atomic E-state index is 14.1. The van der Waals surface area contributed by atoms with Gasteiger partial charge in [-0.3, -0.25) is 4.90 Å². The average Bonchev–Trinajstić information content (AvgIpc) is 3.26. The lowest BCUT2D eigenvalue weighted by atomic mass is 9.55. The first kappa shape index (κ1) is 49.8. The SMILES string of the molecule is C=CCCOC(=O)N(CCC)C1CC(=NOC)C2=CC(CCCCO)C(CCCCO)C3c4cc(OC(=O)NCCCCCCCCCCCC)ccc4OC1(OCC=C)C23. The molecule has 0 radical (unpaired) electrons. The second-order valence-electron chi connectivity index (χ2n) is 16.8. The number of allylic oxidation sites excluding steroid dienone is 1. The summed E-state index contributed by atoms with van der Waals surface area (Å²) in [7, 11) is 1.53. The van der Waals surface area contributed by atoms with E-state index in [1.54, 1.807) is 23.1 Å². The Kier molecular flexibility index (Phi) is 22.2. The number of amides is 2. The normalized spacial score (nSPS) is 23.2. The molecule has 4 rings (SSSR count). The van der Waals surface area contributed by atoms with Crippen LogP contribution < -0.4 is 14.8 Å². The van der Waals surface area contributed by atoms with E-state index in [4.69, 9.17) is 23.8 Å². The predicted molar refractivity (Wildman–Crippen MR) is 241 cm³/mol. The predicted octanol–water partition coefficient (Wildman–Crippen LogP) is 10.4. The van der Waals surface area contributed by atoms with Gasteiger partial charge in [-0.1, -0.05) is 108 Å². The highest BCUT2D eigenvalue weighted by atomic mass is 16.7. The zero-order valence-electron chi connectivity index (χ0n) is 37.6. The van der Waals surface area contributed by atoms with Crippen LogP contribution >= 0.6 is 0 Å². The molecule has 1 aromatic rings. The van der Waals surface area contributed by atoms with Crippen molar-refractivity contribution in [2.45, 2.75) is 154 Å². The van der Waals surface area contributed by atoms with Gasteiger partial charge in [-0.25, -0.2) is 9.59 Å². The van der Waals surface area contributed by atoms with Gasteiger partial charge in [0.05, 0.1) is 24.8 Å². The van der Waals surface area contributed by atoms with Gasteiger partial charge in [0.25, 0.3) is 0 Å². The van der Waals surface area contributed by atoms with Gasteiger partial charge >= 0.3 is 12.2 Å². The third-order valence-electron chi connectivity index (χ3n) is 12.5. The molecule has 0 saturated heterocycles. The van der Waals surface area contributed by atoms with E-state index in [-0.39, 0.29) is 50.6 Å². The maximum Gasteiger partial charge on any atom is 0.412 e. The van der Waals surface area contributed by atoms with Crippen molar-refractivity contribution in [1.82, 2.24) is 10.2 Å². The number of rotatable bonds is 30. The molecule has 1 saturated carbocycles. The number of aliphatic hydroxyl groups is 2. The smallest absolute Gasteiger partial charge is 0.412 e. The largest absolute Gasteiger partial charge is 0.459 e. The Hall–Kier alpha value is -3.87. The third kappa shape index (κ3) is 13.8. The standard InChI is InChI=1S/C49H77N3O9/c1-6-10-12-13-14-15-16-17-18-21-28-50-47(55)60-38-26-27-43-41(35-38)45-39(25-20-23-31-54)37(24-19-22-30-53)34-40-42(51-57-5)36-44(49(61-43,46(40)45)59-32-9-4)52(29-8-3)48(56)58-33-11-7-2/h7,9,26-27,34-35,37,39,44-46,53-54H,2,4,6,8,10-25,28-33,36H2,1,3,5H3,(H,50,55). The molecule has 1 fully saturated rings. The van der Waals surface area contributed by atoms with Crippen LogP contribution in [0.3, 0.4) is 0 Å². The summed E-state index contributed by atoms with van der Waals surface area (Å²) in [4.78, 5) is 34.5. The summed E-state index contributed by atoms with van der Waals surface area (Å²) in [5.41, 5.74) is 2.51. The molecule has 342 valence electrons. The molecule has 6 atom stereocenters. The Morgan fingerprint density at radius 1 is 0.934 bits per heavy atom. The number of nitrogens with zero attached hydrogens (tertiary/aromatic N) is 2. The molecular formula is C49H77N3O9. The number of oxime groups is 1. The van der Waals surface area contributed by atoms with E-state index < -0.39 is 29.9 Å². The van der Waals surface area contributed by atoms with E-state index in [2.05, 4.69) is 36.6 Å². The van der Waals surface area contributed by atoms with Crippen molar-refractivity contribution >= 4 is 17.9 Å². The number of nitrogens with one attached hydrogen (secondary N) is 1. The molecular weight excluding hydrogens is 775 g/mol. The topological polar surface area (TPSA) is 148 Å². The van der Waals surface area contributed by atoms with E-state index in [0.717, 1.165) is 56.1 Å². The lowest BCUT2D eigenvalue weighted by molar-refractivity contribution is -0.255. The fourth-order valence-corrected chi connectivity index (χ4v) is 9.70. The quantitative estimate of drug-likeness (QED) is 0.0391. The second-order valence-corrected chi connectivity index (χ2v) is 16.8. The zero-order chi connectivity index (χ0) is 43.9. The van der Waals surface area contributed by atoms with E-state index >= 15 is 0 Å². The molecule has 1 heterocycles. The highest BCUT2D eigenvalue weighted by Crippen LogP contribution is 2.62. The highest BCUT2D eigenvalue weighted by molar-refractivity contribution is 6.03. The van der Waals surface area contributed by atoms with E-state index in [1.165, 1.54) is 52.1 Å². The molecule has 12 heteroatoms. The number of unbranched alkanes of at least 4 members (excludes halogenated alkanes) is 11. The summed E-state index contributed by atoms with van der Waals surface area (Å²) in [5.74, 6) is -1.00. The van der Waals surface area contributed by atoms with E-state index in [9.17, 15) is 19.8 Å².